The first-order chi connectivity index (χ1) is 9.72. The number of hydrogen-bond donors (Lipinski definition) is 1. The van der Waals surface area contributed by atoms with Crippen molar-refractivity contribution in [3.63, 3.8) is 0 Å². The summed E-state index contributed by atoms with van der Waals surface area (Å²) < 4.78 is 0. The van der Waals surface area contributed by atoms with Crippen LogP contribution in [0, 0.1) is 5.92 Å². The summed E-state index contributed by atoms with van der Waals surface area (Å²) >= 11 is 0. The van der Waals surface area contributed by atoms with Gasteiger partial charge in [-0.15, -0.1) is 0 Å². The standard InChI is InChI=1S/C17H32N2O/c1-2-13-19(16-11-9-15(18)10-12-16)17(20)14-7-5-3-4-6-8-14/h14-16H,2-13,18H2,1H3. The molecule has 0 aromatic carbocycles. The fraction of sp³-hybridized carbons (Fsp3) is 0.941. The Hall–Kier alpha value is -0.570. The van der Waals surface area contributed by atoms with Crippen LogP contribution in [0.1, 0.15) is 77.6 Å². The highest BCUT2D eigenvalue weighted by Gasteiger charge is 2.31. The molecule has 0 aromatic heterocycles. The smallest absolute Gasteiger partial charge is 0.225 e. The van der Waals surface area contributed by atoms with Gasteiger partial charge in [0.25, 0.3) is 0 Å². The lowest BCUT2D eigenvalue weighted by molar-refractivity contribution is -0.139. The molecule has 2 N–H and O–H groups in total. The molecule has 1 amide bonds. The minimum Gasteiger partial charge on any atom is -0.339 e. The predicted molar refractivity (Wildman–Crippen MR) is 83.4 cm³/mol. The van der Waals surface area contributed by atoms with E-state index >= 15 is 0 Å². The topological polar surface area (TPSA) is 46.3 Å². The molecule has 116 valence electrons. The Labute approximate surface area is 124 Å². The summed E-state index contributed by atoms with van der Waals surface area (Å²) in [6.07, 6.45) is 12.8. The molecule has 0 heterocycles. The monoisotopic (exact) mass is 280 g/mol. The molecule has 0 unspecified atom stereocenters. The summed E-state index contributed by atoms with van der Waals surface area (Å²) in [6.45, 7) is 3.12. The zero-order valence-corrected chi connectivity index (χ0v) is 13.2. The van der Waals surface area contributed by atoms with Crippen molar-refractivity contribution < 1.29 is 4.79 Å². The molecular formula is C17H32N2O. The lowest BCUT2D eigenvalue weighted by atomic mass is 9.89. The highest BCUT2D eigenvalue weighted by Crippen LogP contribution is 2.28. The quantitative estimate of drug-likeness (QED) is 0.802. The molecule has 0 atom stereocenters. The molecule has 0 aromatic rings. The zero-order valence-electron chi connectivity index (χ0n) is 13.2. The largest absolute Gasteiger partial charge is 0.339 e. The van der Waals surface area contributed by atoms with Gasteiger partial charge in [0.05, 0.1) is 0 Å². The van der Waals surface area contributed by atoms with E-state index in [0.29, 0.717) is 23.9 Å². The Morgan fingerprint density at radius 1 is 1.00 bits per heavy atom. The molecule has 0 aliphatic heterocycles. The van der Waals surface area contributed by atoms with Crippen LogP contribution in [-0.2, 0) is 4.79 Å². The molecule has 3 heteroatoms. The number of nitrogens with zero attached hydrogens (tertiary/aromatic N) is 1. The van der Waals surface area contributed by atoms with Gasteiger partial charge in [0.2, 0.25) is 5.91 Å². The SMILES string of the molecule is CCCN(C(=O)C1CCCCCC1)C1CCC(N)CC1. The van der Waals surface area contributed by atoms with Crippen LogP contribution >= 0.6 is 0 Å². The van der Waals surface area contributed by atoms with E-state index in [1.54, 1.807) is 0 Å². The van der Waals surface area contributed by atoms with Crippen molar-refractivity contribution in [2.24, 2.45) is 11.7 Å². The molecule has 0 saturated heterocycles. The fourth-order valence-electron chi connectivity index (χ4n) is 3.89. The summed E-state index contributed by atoms with van der Waals surface area (Å²) in [6, 6.07) is 0.827. The first-order valence-electron chi connectivity index (χ1n) is 8.78. The van der Waals surface area contributed by atoms with E-state index in [1.807, 2.05) is 0 Å². The van der Waals surface area contributed by atoms with E-state index in [0.717, 1.165) is 51.5 Å². The summed E-state index contributed by atoms with van der Waals surface area (Å²) in [4.78, 5) is 15.1. The maximum Gasteiger partial charge on any atom is 0.225 e. The van der Waals surface area contributed by atoms with Crippen LogP contribution in [-0.4, -0.2) is 29.4 Å². The number of hydrogen-bond acceptors (Lipinski definition) is 2. The molecule has 2 saturated carbocycles. The van der Waals surface area contributed by atoms with Crippen LogP contribution in [0.3, 0.4) is 0 Å². The molecule has 3 nitrogen and oxygen atoms in total. The van der Waals surface area contributed by atoms with Crippen molar-refractivity contribution >= 4 is 5.91 Å². The molecule has 2 aliphatic carbocycles. The minimum absolute atomic E-state index is 0.305. The van der Waals surface area contributed by atoms with Crippen molar-refractivity contribution in [3.8, 4) is 0 Å². The molecule has 0 spiro atoms. The van der Waals surface area contributed by atoms with Gasteiger partial charge in [-0.05, 0) is 44.9 Å². The molecule has 20 heavy (non-hydrogen) atoms. The second-order valence-corrected chi connectivity index (χ2v) is 6.79. The third kappa shape index (κ3) is 4.21. The third-order valence-electron chi connectivity index (χ3n) is 5.13. The number of carbonyl (C=O) groups is 1. The van der Waals surface area contributed by atoms with Gasteiger partial charge >= 0.3 is 0 Å². The summed E-state index contributed by atoms with van der Waals surface area (Å²) in [5, 5.41) is 0. The van der Waals surface area contributed by atoms with Crippen LogP contribution in [0.15, 0.2) is 0 Å². The third-order valence-corrected chi connectivity index (χ3v) is 5.13. The van der Waals surface area contributed by atoms with Crippen molar-refractivity contribution in [3.05, 3.63) is 0 Å². The number of rotatable bonds is 4. The van der Waals surface area contributed by atoms with Gasteiger partial charge in [0.15, 0.2) is 0 Å². The van der Waals surface area contributed by atoms with Crippen molar-refractivity contribution in [1.82, 2.24) is 4.90 Å². The van der Waals surface area contributed by atoms with Crippen LogP contribution in [0.2, 0.25) is 0 Å². The highest BCUT2D eigenvalue weighted by atomic mass is 16.2. The van der Waals surface area contributed by atoms with Gasteiger partial charge < -0.3 is 10.6 Å². The van der Waals surface area contributed by atoms with E-state index in [-0.39, 0.29) is 0 Å². The molecular weight excluding hydrogens is 248 g/mol. The van der Waals surface area contributed by atoms with Gasteiger partial charge in [-0.2, -0.15) is 0 Å². The minimum atomic E-state index is 0.305. The summed E-state index contributed by atoms with van der Waals surface area (Å²) in [5.74, 6) is 0.758. The molecule has 2 rings (SSSR count). The van der Waals surface area contributed by atoms with Crippen molar-refractivity contribution in [2.75, 3.05) is 6.54 Å². The van der Waals surface area contributed by atoms with Gasteiger partial charge in [0, 0.05) is 24.5 Å². The molecule has 0 bridgehead atoms. The summed E-state index contributed by atoms with van der Waals surface area (Å²) in [7, 11) is 0. The van der Waals surface area contributed by atoms with Crippen LogP contribution in [0.4, 0.5) is 0 Å². The van der Waals surface area contributed by atoms with Crippen LogP contribution in [0.5, 0.6) is 0 Å². The highest BCUT2D eigenvalue weighted by molar-refractivity contribution is 5.79. The fourth-order valence-corrected chi connectivity index (χ4v) is 3.89. The van der Waals surface area contributed by atoms with Gasteiger partial charge in [-0.3, -0.25) is 4.79 Å². The Morgan fingerprint density at radius 2 is 1.60 bits per heavy atom. The zero-order chi connectivity index (χ0) is 14.4. The average molecular weight is 280 g/mol. The second-order valence-electron chi connectivity index (χ2n) is 6.79. The van der Waals surface area contributed by atoms with Crippen molar-refractivity contribution in [1.29, 1.82) is 0 Å². The predicted octanol–water partition coefficient (Wildman–Crippen LogP) is 3.47. The normalized spacial score (nSPS) is 28.9. The number of nitrogens with two attached hydrogens (primary N) is 1. The second kappa shape index (κ2) is 8.02. The number of carbonyl (C=O) groups excluding carboxylic acids is 1. The van der Waals surface area contributed by atoms with Gasteiger partial charge in [0.1, 0.15) is 0 Å². The van der Waals surface area contributed by atoms with E-state index in [2.05, 4.69) is 11.8 Å². The number of amides is 1. The van der Waals surface area contributed by atoms with Gasteiger partial charge in [-0.1, -0.05) is 32.6 Å². The average Bonchev–Trinajstić information content (AvgIpc) is 2.74. The van der Waals surface area contributed by atoms with E-state index in [1.165, 1.54) is 25.7 Å². The van der Waals surface area contributed by atoms with E-state index < -0.39 is 0 Å². The lowest BCUT2D eigenvalue weighted by Gasteiger charge is -2.38. The Morgan fingerprint density at radius 3 is 2.15 bits per heavy atom. The molecule has 2 fully saturated rings. The van der Waals surface area contributed by atoms with Crippen LogP contribution in [0.25, 0.3) is 0 Å². The molecule has 2 aliphatic rings. The van der Waals surface area contributed by atoms with Gasteiger partial charge in [-0.25, -0.2) is 0 Å². The maximum atomic E-state index is 12.9. The Kier molecular flexibility index (Phi) is 6.34. The van der Waals surface area contributed by atoms with E-state index in [9.17, 15) is 4.79 Å². The van der Waals surface area contributed by atoms with Crippen LogP contribution < -0.4 is 5.73 Å². The first-order valence-corrected chi connectivity index (χ1v) is 8.78. The van der Waals surface area contributed by atoms with Crippen molar-refractivity contribution in [2.45, 2.75) is 89.6 Å². The Balaban J connectivity index is 1.97. The Bertz CT molecular complexity index is 289. The lowest BCUT2D eigenvalue weighted by Crippen LogP contribution is -2.46. The molecule has 0 radical (unpaired) electrons. The maximum absolute atomic E-state index is 12.9. The summed E-state index contributed by atoms with van der Waals surface area (Å²) in [5.41, 5.74) is 6.01. The van der Waals surface area contributed by atoms with E-state index in [4.69, 9.17) is 5.73 Å². The first kappa shape index (κ1) is 15.8.